The smallest absolute Gasteiger partial charge is 0.161 e. The Morgan fingerprint density at radius 2 is 2.06 bits per heavy atom. The number of nitrogens with zero attached hydrogens (tertiary/aromatic N) is 1. The maximum Gasteiger partial charge on any atom is 0.161 e. The van der Waals surface area contributed by atoms with Gasteiger partial charge in [-0.3, -0.25) is 0 Å². The first kappa shape index (κ1) is 10.8. The van der Waals surface area contributed by atoms with Crippen molar-refractivity contribution >= 4 is 23.4 Å². The van der Waals surface area contributed by atoms with Crippen molar-refractivity contribution in [2.24, 2.45) is 5.73 Å². The monoisotopic (exact) mass is 234 g/mol. The molecule has 2 rings (SSSR count). The summed E-state index contributed by atoms with van der Waals surface area (Å²) >= 11 is 5.79. The van der Waals surface area contributed by atoms with Gasteiger partial charge in [-0.1, -0.05) is 28.9 Å². The molecule has 4 heteroatoms. The summed E-state index contributed by atoms with van der Waals surface area (Å²) in [5, 5.41) is 4.47. The number of halogens is 1. The molecule has 0 amide bonds. The standard InChI is InChI=1S/C12H11ClN2O/c1-8-6-11(16-15-8)7-12(14)9-2-4-10(13)5-3-9/h2-7H,14H2,1H3/b12-7+. The summed E-state index contributed by atoms with van der Waals surface area (Å²) in [6.45, 7) is 1.86. The summed E-state index contributed by atoms with van der Waals surface area (Å²) in [5.74, 6) is 0.643. The van der Waals surface area contributed by atoms with Gasteiger partial charge in [0, 0.05) is 22.9 Å². The Hall–Kier alpha value is -1.74. The van der Waals surface area contributed by atoms with E-state index in [1.807, 2.05) is 25.1 Å². The first-order valence-corrected chi connectivity index (χ1v) is 5.19. The Balaban J connectivity index is 2.27. The first-order valence-electron chi connectivity index (χ1n) is 4.81. The molecule has 0 bridgehead atoms. The lowest BCUT2D eigenvalue weighted by molar-refractivity contribution is 0.408. The quantitative estimate of drug-likeness (QED) is 0.869. The van der Waals surface area contributed by atoms with E-state index < -0.39 is 0 Å². The second kappa shape index (κ2) is 4.41. The first-order chi connectivity index (χ1) is 7.65. The van der Waals surface area contributed by atoms with Gasteiger partial charge in [-0.05, 0) is 24.6 Å². The number of hydrogen-bond donors (Lipinski definition) is 1. The van der Waals surface area contributed by atoms with Crippen molar-refractivity contribution in [3.8, 4) is 0 Å². The van der Waals surface area contributed by atoms with Crippen molar-refractivity contribution in [1.29, 1.82) is 0 Å². The number of rotatable bonds is 2. The molecule has 1 heterocycles. The normalized spacial score (nSPS) is 11.8. The van der Waals surface area contributed by atoms with Crippen LogP contribution in [0.1, 0.15) is 17.0 Å². The fourth-order valence-electron chi connectivity index (χ4n) is 1.33. The number of nitrogens with two attached hydrogens (primary N) is 1. The Bertz CT molecular complexity index is 514. The van der Waals surface area contributed by atoms with Crippen molar-refractivity contribution in [3.63, 3.8) is 0 Å². The zero-order chi connectivity index (χ0) is 11.5. The maximum atomic E-state index is 5.92. The minimum absolute atomic E-state index is 0.618. The van der Waals surface area contributed by atoms with Crippen LogP contribution in [0.3, 0.4) is 0 Å². The summed E-state index contributed by atoms with van der Waals surface area (Å²) in [6.07, 6.45) is 1.74. The molecule has 0 aliphatic heterocycles. The summed E-state index contributed by atoms with van der Waals surface area (Å²) in [6, 6.07) is 9.13. The van der Waals surface area contributed by atoms with Crippen LogP contribution in [0.25, 0.3) is 11.8 Å². The molecule has 0 aliphatic carbocycles. The molecule has 0 saturated heterocycles. The van der Waals surface area contributed by atoms with Gasteiger partial charge in [-0.15, -0.1) is 0 Å². The zero-order valence-electron chi connectivity index (χ0n) is 8.77. The average Bonchev–Trinajstić information content (AvgIpc) is 2.65. The van der Waals surface area contributed by atoms with Crippen molar-refractivity contribution < 1.29 is 4.52 Å². The average molecular weight is 235 g/mol. The van der Waals surface area contributed by atoms with E-state index in [1.54, 1.807) is 18.2 Å². The molecule has 0 atom stereocenters. The Morgan fingerprint density at radius 1 is 1.38 bits per heavy atom. The van der Waals surface area contributed by atoms with E-state index in [0.717, 1.165) is 11.3 Å². The third-order valence-electron chi connectivity index (χ3n) is 2.12. The summed E-state index contributed by atoms with van der Waals surface area (Å²) in [5.41, 5.74) is 8.27. The van der Waals surface area contributed by atoms with E-state index in [9.17, 15) is 0 Å². The van der Waals surface area contributed by atoms with E-state index in [4.69, 9.17) is 21.9 Å². The minimum atomic E-state index is 0.618. The highest BCUT2D eigenvalue weighted by Crippen LogP contribution is 2.16. The third-order valence-corrected chi connectivity index (χ3v) is 2.37. The van der Waals surface area contributed by atoms with Crippen molar-refractivity contribution in [3.05, 3.63) is 52.4 Å². The lowest BCUT2D eigenvalue weighted by Gasteiger charge is -2.00. The van der Waals surface area contributed by atoms with Crippen LogP contribution in [-0.4, -0.2) is 5.16 Å². The molecule has 82 valence electrons. The molecule has 0 saturated carbocycles. The van der Waals surface area contributed by atoms with Gasteiger partial charge in [0.2, 0.25) is 0 Å². The number of benzene rings is 1. The third kappa shape index (κ3) is 2.44. The lowest BCUT2D eigenvalue weighted by Crippen LogP contribution is -1.95. The predicted molar refractivity (Wildman–Crippen MR) is 64.8 cm³/mol. The zero-order valence-corrected chi connectivity index (χ0v) is 9.53. The van der Waals surface area contributed by atoms with Gasteiger partial charge in [-0.2, -0.15) is 0 Å². The number of hydrogen-bond acceptors (Lipinski definition) is 3. The van der Waals surface area contributed by atoms with Crippen LogP contribution >= 0.6 is 11.6 Å². The van der Waals surface area contributed by atoms with Crippen LogP contribution in [-0.2, 0) is 0 Å². The van der Waals surface area contributed by atoms with Gasteiger partial charge >= 0.3 is 0 Å². The van der Waals surface area contributed by atoms with Crippen LogP contribution in [0, 0.1) is 6.92 Å². The molecule has 1 aromatic heterocycles. The molecule has 2 aromatic rings. The number of aryl methyl sites for hydroxylation is 1. The largest absolute Gasteiger partial charge is 0.398 e. The van der Waals surface area contributed by atoms with Crippen LogP contribution in [0.15, 0.2) is 34.9 Å². The predicted octanol–water partition coefficient (Wildman–Crippen LogP) is 3.09. The van der Waals surface area contributed by atoms with Crippen LogP contribution in [0.5, 0.6) is 0 Å². The Labute approximate surface area is 98.5 Å². The summed E-state index contributed by atoms with van der Waals surface area (Å²) < 4.78 is 5.05. The highest BCUT2D eigenvalue weighted by Gasteiger charge is 2.00. The van der Waals surface area contributed by atoms with Crippen LogP contribution in [0.4, 0.5) is 0 Å². The van der Waals surface area contributed by atoms with Crippen LogP contribution < -0.4 is 5.73 Å². The molecule has 0 unspecified atom stereocenters. The highest BCUT2D eigenvalue weighted by atomic mass is 35.5. The summed E-state index contributed by atoms with van der Waals surface area (Å²) in [7, 11) is 0. The maximum absolute atomic E-state index is 5.92. The van der Waals surface area contributed by atoms with Gasteiger partial charge in [-0.25, -0.2) is 0 Å². The van der Waals surface area contributed by atoms with Gasteiger partial charge in [0.05, 0.1) is 5.69 Å². The Morgan fingerprint density at radius 3 is 2.62 bits per heavy atom. The molecular weight excluding hydrogens is 224 g/mol. The SMILES string of the molecule is Cc1cc(/C=C(/N)c2ccc(Cl)cc2)on1. The molecule has 16 heavy (non-hydrogen) atoms. The lowest BCUT2D eigenvalue weighted by atomic mass is 10.1. The molecule has 3 nitrogen and oxygen atoms in total. The van der Waals surface area contributed by atoms with E-state index in [1.165, 1.54) is 0 Å². The fourth-order valence-corrected chi connectivity index (χ4v) is 1.46. The topological polar surface area (TPSA) is 52.0 Å². The van der Waals surface area contributed by atoms with E-state index in [0.29, 0.717) is 16.5 Å². The molecule has 0 fully saturated rings. The van der Waals surface area contributed by atoms with Gasteiger partial charge in [0.25, 0.3) is 0 Å². The van der Waals surface area contributed by atoms with Crippen molar-refractivity contribution in [2.45, 2.75) is 6.92 Å². The van der Waals surface area contributed by atoms with Gasteiger partial charge in [0.15, 0.2) is 5.76 Å². The Kier molecular flexibility index (Phi) is 2.97. The van der Waals surface area contributed by atoms with Crippen molar-refractivity contribution in [2.75, 3.05) is 0 Å². The minimum Gasteiger partial charge on any atom is -0.398 e. The van der Waals surface area contributed by atoms with E-state index >= 15 is 0 Å². The van der Waals surface area contributed by atoms with Crippen molar-refractivity contribution in [1.82, 2.24) is 5.16 Å². The summed E-state index contributed by atoms with van der Waals surface area (Å²) in [4.78, 5) is 0. The molecule has 1 aromatic carbocycles. The molecule has 2 N–H and O–H groups in total. The molecule has 0 radical (unpaired) electrons. The fraction of sp³-hybridized carbons (Fsp3) is 0.0833. The van der Waals surface area contributed by atoms with E-state index in [2.05, 4.69) is 5.16 Å². The highest BCUT2D eigenvalue weighted by molar-refractivity contribution is 6.30. The van der Waals surface area contributed by atoms with E-state index in [-0.39, 0.29) is 0 Å². The molecular formula is C12H11ClN2O. The second-order valence-electron chi connectivity index (χ2n) is 3.48. The number of aromatic nitrogens is 1. The van der Waals surface area contributed by atoms with Crippen LogP contribution in [0.2, 0.25) is 5.02 Å². The van der Waals surface area contributed by atoms with Gasteiger partial charge < -0.3 is 10.3 Å². The second-order valence-corrected chi connectivity index (χ2v) is 3.91. The van der Waals surface area contributed by atoms with Gasteiger partial charge in [0.1, 0.15) is 0 Å². The molecule has 0 spiro atoms. The molecule has 0 aliphatic rings.